The number of nitrogens with zero attached hydrogens (tertiary/aromatic N) is 3. The summed E-state index contributed by atoms with van der Waals surface area (Å²) in [5.41, 5.74) is 4.89. The average Bonchev–Trinajstić information content (AvgIpc) is 2.49. The molecule has 1 aromatic heterocycles. The summed E-state index contributed by atoms with van der Waals surface area (Å²) in [4.78, 5) is 14.2. The Morgan fingerprint density at radius 1 is 1.60 bits per heavy atom. The van der Waals surface area contributed by atoms with Gasteiger partial charge in [0.1, 0.15) is 6.33 Å². The fourth-order valence-corrected chi connectivity index (χ4v) is 0.866. The van der Waals surface area contributed by atoms with Gasteiger partial charge in [-0.15, -0.1) is 13.2 Å². The molecule has 9 heteroatoms. The van der Waals surface area contributed by atoms with Crippen LogP contribution in [0.1, 0.15) is 10.6 Å². The minimum Gasteiger partial charge on any atom is -0.363 e. The number of ether oxygens (including phenoxy) is 1. The first kappa shape index (κ1) is 11.4. The van der Waals surface area contributed by atoms with Crippen molar-refractivity contribution in [3.63, 3.8) is 0 Å². The molecule has 0 aliphatic heterocycles. The monoisotopic (exact) mass is 224 g/mol. The number of halogens is 3. The summed E-state index contributed by atoms with van der Waals surface area (Å²) >= 11 is 0. The van der Waals surface area contributed by atoms with Crippen LogP contribution in [0.4, 0.5) is 13.2 Å². The maximum atomic E-state index is 11.6. The van der Waals surface area contributed by atoms with Gasteiger partial charge in [0.25, 0.3) is 5.91 Å². The molecule has 1 amide bonds. The first-order valence-corrected chi connectivity index (χ1v) is 3.78. The van der Waals surface area contributed by atoms with Crippen molar-refractivity contribution in [3.8, 4) is 0 Å². The van der Waals surface area contributed by atoms with Crippen molar-refractivity contribution >= 4 is 5.91 Å². The fourth-order valence-electron chi connectivity index (χ4n) is 0.866. The molecule has 0 atom stereocenters. The summed E-state index contributed by atoms with van der Waals surface area (Å²) in [6, 6.07) is 0. The summed E-state index contributed by atoms with van der Waals surface area (Å²) in [6.07, 6.45) is -3.68. The number of hydrogen-bond acceptors (Lipinski definition) is 4. The summed E-state index contributed by atoms with van der Waals surface area (Å²) in [7, 11) is 0. The molecule has 0 spiro atoms. The first-order chi connectivity index (χ1) is 6.90. The number of primary amides is 1. The third-order valence-electron chi connectivity index (χ3n) is 1.40. The van der Waals surface area contributed by atoms with E-state index in [9.17, 15) is 18.0 Å². The lowest BCUT2D eigenvalue weighted by molar-refractivity contribution is -0.325. The van der Waals surface area contributed by atoms with Crippen LogP contribution in [0.5, 0.6) is 0 Å². The van der Waals surface area contributed by atoms with Crippen LogP contribution in [-0.2, 0) is 11.3 Å². The largest absolute Gasteiger partial charge is 0.522 e. The van der Waals surface area contributed by atoms with Crippen LogP contribution < -0.4 is 5.73 Å². The van der Waals surface area contributed by atoms with Gasteiger partial charge in [-0.25, -0.2) is 9.67 Å². The molecule has 84 valence electrons. The topological polar surface area (TPSA) is 83.0 Å². The Morgan fingerprint density at radius 3 is 2.80 bits per heavy atom. The summed E-state index contributed by atoms with van der Waals surface area (Å²) in [6.45, 7) is -0.912. The van der Waals surface area contributed by atoms with Gasteiger partial charge in [0.05, 0.1) is 13.2 Å². The van der Waals surface area contributed by atoms with E-state index in [-0.39, 0.29) is 12.4 Å². The zero-order chi connectivity index (χ0) is 11.5. The molecule has 0 aliphatic rings. The van der Waals surface area contributed by atoms with Crippen LogP contribution in [-0.4, -0.2) is 33.6 Å². The molecule has 1 rings (SSSR count). The Kier molecular flexibility index (Phi) is 3.24. The number of carbonyl (C=O) groups is 1. The van der Waals surface area contributed by atoms with Crippen LogP contribution in [0.25, 0.3) is 0 Å². The Balaban J connectivity index is 2.51. The lowest BCUT2D eigenvalue weighted by Crippen LogP contribution is -2.22. The highest BCUT2D eigenvalue weighted by Crippen LogP contribution is 2.15. The maximum Gasteiger partial charge on any atom is 0.522 e. The minimum absolute atomic E-state index is 0.208. The highest BCUT2D eigenvalue weighted by atomic mass is 19.4. The molecule has 0 fully saturated rings. The number of rotatable bonds is 4. The lowest BCUT2D eigenvalue weighted by atomic mass is 10.5. The fraction of sp³-hybridized carbons (Fsp3) is 0.500. The van der Waals surface area contributed by atoms with E-state index in [1.807, 2.05) is 0 Å². The van der Waals surface area contributed by atoms with E-state index in [2.05, 4.69) is 14.8 Å². The number of alkyl halides is 3. The molecule has 0 saturated heterocycles. The van der Waals surface area contributed by atoms with Crippen molar-refractivity contribution in [1.82, 2.24) is 14.8 Å². The average molecular weight is 224 g/mol. The van der Waals surface area contributed by atoms with Crippen LogP contribution in [0.2, 0.25) is 0 Å². The van der Waals surface area contributed by atoms with Crippen LogP contribution in [0.3, 0.4) is 0 Å². The molecule has 2 N–H and O–H groups in total. The Labute approximate surface area is 81.8 Å². The summed E-state index contributed by atoms with van der Waals surface area (Å²) in [5.74, 6) is -1.07. The Bertz CT molecular complexity index is 348. The van der Waals surface area contributed by atoms with Crippen molar-refractivity contribution in [2.45, 2.75) is 12.9 Å². The zero-order valence-electron chi connectivity index (χ0n) is 7.36. The molecule has 0 radical (unpaired) electrons. The van der Waals surface area contributed by atoms with E-state index >= 15 is 0 Å². The van der Waals surface area contributed by atoms with Gasteiger partial charge >= 0.3 is 6.36 Å². The van der Waals surface area contributed by atoms with Crippen molar-refractivity contribution in [1.29, 1.82) is 0 Å². The highest BCUT2D eigenvalue weighted by molar-refractivity contribution is 5.88. The first-order valence-electron chi connectivity index (χ1n) is 3.78. The van der Waals surface area contributed by atoms with Crippen LogP contribution in [0.15, 0.2) is 6.33 Å². The van der Waals surface area contributed by atoms with E-state index in [0.717, 1.165) is 11.0 Å². The molecule has 1 heterocycles. The Hall–Kier alpha value is -1.64. The molecule has 1 aromatic rings. The molecular weight excluding hydrogens is 217 g/mol. The van der Waals surface area contributed by atoms with E-state index < -0.39 is 18.9 Å². The molecule has 6 nitrogen and oxygen atoms in total. The predicted molar refractivity (Wildman–Crippen MR) is 40.5 cm³/mol. The predicted octanol–water partition coefficient (Wildman–Crippen LogP) is -0.0866. The Morgan fingerprint density at radius 2 is 2.27 bits per heavy atom. The van der Waals surface area contributed by atoms with Crippen molar-refractivity contribution < 1.29 is 22.7 Å². The van der Waals surface area contributed by atoms with Gasteiger partial charge in [0, 0.05) is 0 Å². The number of amides is 1. The summed E-state index contributed by atoms with van der Waals surface area (Å²) in [5, 5.41) is 3.51. The molecule has 0 bridgehead atoms. The molecular formula is C6H7F3N4O2. The van der Waals surface area contributed by atoms with E-state index in [1.54, 1.807) is 0 Å². The number of nitrogens with two attached hydrogens (primary N) is 1. The third kappa shape index (κ3) is 3.54. The SMILES string of the molecule is NC(=O)c1ncnn1CCOC(F)(F)F. The maximum absolute atomic E-state index is 11.6. The van der Waals surface area contributed by atoms with E-state index in [4.69, 9.17) is 5.73 Å². The lowest BCUT2D eigenvalue weighted by Gasteiger charge is -2.07. The second kappa shape index (κ2) is 4.26. The smallest absolute Gasteiger partial charge is 0.363 e. The van der Waals surface area contributed by atoms with Crippen LogP contribution >= 0.6 is 0 Å². The number of carbonyl (C=O) groups excluding carboxylic acids is 1. The molecule has 0 aliphatic carbocycles. The molecule has 15 heavy (non-hydrogen) atoms. The minimum atomic E-state index is -4.70. The molecule has 0 saturated carbocycles. The van der Waals surface area contributed by atoms with Gasteiger partial charge in [0.15, 0.2) is 0 Å². The van der Waals surface area contributed by atoms with Crippen molar-refractivity contribution in [2.24, 2.45) is 5.73 Å². The van der Waals surface area contributed by atoms with Crippen molar-refractivity contribution in [3.05, 3.63) is 12.2 Å². The van der Waals surface area contributed by atoms with Gasteiger partial charge < -0.3 is 5.73 Å². The van der Waals surface area contributed by atoms with Crippen molar-refractivity contribution in [2.75, 3.05) is 6.61 Å². The highest BCUT2D eigenvalue weighted by Gasteiger charge is 2.28. The van der Waals surface area contributed by atoms with E-state index in [1.165, 1.54) is 0 Å². The second-order valence-electron chi connectivity index (χ2n) is 2.47. The molecule has 0 unspecified atom stereocenters. The van der Waals surface area contributed by atoms with Gasteiger partial charge in [-0.05, 0) is 0 Å². The second-order valence-corrected chi connectivity index (χ2v) is 2.47. The zero-order valence-corrected chi connectivity index (χ0v) is 7.36. The molecule has 0 aromatic carbocycles. The standard InChI is InChI=1S/C6H7F3N4O2/c7-6(8,9)15-2-1-13-5(4(10)14)11-3-12-13/h3H,1-2H2,(H2,10,14). The third-order valence-corrected chi connectivity index (χ3v) is 1.40. The van der Waals surface area contributed by atoms with E-state index in [0.29, 0.717) is 0 Å². The summed E-state index contributed by atoms with van der Waals surface area (Å²) < 4.78 is 39.2. The quantitative estimate of drug-likeness (QED) is 0.774. The normalized spacial score (nSPS) is 11.7. The van der Waals surface area contributed by atoms with Gasteiger partial charge in [-0.1, -0.05) is 0 Å². The van der Waals surface area contributed by atoms with Gasteiger partial charge in [0.2, 0.25) is 5.82 Å². The van der Waals surface area contributed by atoms with Gasteiger partial charge in [-0.3, -0.25) is 9.53 Å². The van der Waals surface area contributed by atoms with Crippen LogP contribution in [0, 0.1) is 0 Å². The van der Waals surface area contributed by atoms with Gasteiger partial charge in [-0.2, -0.15) is 5.10 Å². The number of hydrogen-bond donors (Lipinski definition) is 1. The number of aromatic nitrogens is 3.